The van der Waals surface area contributed by atoms with Gasteiger partial charge in [0.25, 0.3) is 0 Å². The van der Waals surface area contributed by atoms with E-state index in [1.165, 1.54) is 16.8 Å². The van der Waals surface area contributed by atoms with Crippen LogP contribution in [0.3, 0.4) is 0 Å². The Bertz CT molecular complexity index is 664. The summed E-state index contributed by atoms with van der Waals surface area (Å²) in [6.07, 6.45) is 2.14. The van der Waals surface area contributed by atoms with Crippen molar-refractivity contribution in [3.8, 4) is 5.69 Å². The van der Waals surface area contributed by atoms with E-state index in [0.717, 1.165) is 24.1 Å². The number of para-hydroxylation sites is 1. The van der Waals surface area contributed by atoms with Gasteiger partial charge in [0.05, 0.1) is 5.69 Å². The minimum atomic E-state index is 0.149. The van der Waals surface area contributed by atoms with Gasteiger partial charge in [-0.05, 0) is 47.9 Å². The number of rotatable bonds is 2. The standard InChI is InChI=1S/C18H21NO/c1-12-10-18(3,4)17-13(2)19(15(11-20)16(12)17)14-8-6-5-7-9-14/h5-9,11-12H,10H2,1-4H3. The molecule has 20 heavy (non-hydrogen) atoms. The van der Waals surface area contributed by atoms with Crippen LogP contribution in [0.5, 0.6) is 0 Å². The average molecular weight is 267 g/mol. The van der Waals surface area contributed by atoms with Gasteiger partial charge in [-0.25, -0.2) is 0 Å². The highest BCUT2D eigenvalue weighted by molar-refractivity contribution is 5.80. The highest BCUT2D eigenvalue weighted by Crippen LogP contribution is 2.49. The number of aldehydes is 1. The summed E-state index contributed by atoms with van der Waals surface area (Å²) in [5, 5.41) is 0. The molecular weight excluding hydrogens is 246 g/mol. The van der Waals surface area contributed by atoms with Crippen LogP contribution >= 0.6 is 0 Å². The summed E-state index contributed by atoms with van der Waals surface area (Å²) in [5.41, 5.74) is 5.90. The second kappa shape index (κ2) is 4.34. The molecule has 0 N–H and O–H groups in total. The van der Waals surface area contributed by atoms with Crippen LogP contribution < -0.4 is 0 Å². The summed E-state index contributed by atoms with van der Waals surface area (Å²) < 4.78 is 2.12. The molecule has 2 aromatic rings. The van der Waals surface area contributed by atoms with Gasteiger partial charge in [0.2, 0.25) is 0 Å². The summed E-state index contributed by atoms with van der Waals surface area (Å²) in [6.45, 7) is 8.94. The maximum absolute atomic E-state index is 11.7. The van der Waals surface area contributed by atoms with Crippen LogP contribution in [-0.2, 0) is 5.41 Å². The van der Waals surface area contributed by atoms with E-state index in [4.69, 9.17) is 0 Å². The topological polar surface area (TPSA) is 22.0 Å². The molecule has 1 aliphatic rings. The molecule has 2 nitrogen and oxygen atoms in total. The molecule has 0 radical (unpaired) electrons. The van der Waals surface area contributed by atoms with Crippen LogP contribution in [0.15, 0.2) is 30.3 Å². The SMILES string of the molecule is Cc1c2c(c(C=O)n1-c1ccccc1)C(C)CC2(C)C. The Morgan fingerprint density at radius 3 is 2.50 bits per heavy atom. The molecule has 1 atom stereocenters. The molecule has 2 heteroatoms. The first kappa shape index (κ1) is 13.2. The van der Waals surface area contributed by atoms with E-state index in [2.05, 4.69) is 44.4 Å². The summed E-state index contributed by atoms with van der Waals surface area (Å²) in [4.78, 5) is 11.7. The van der Waals surface area contributed by atoms with Gasteiger partial charge < -0.3 is 4.57 Å². The molecule has 0 fully saturated rings. The molecule has 104 valence electrons. The van der Waals surface area contributed by atoms with Crippen molar-refractivity contribution < 1.29 is 4.79 Å². The van der Waals surface area contributed by atoms with Crippen molar-refractivity contribution in [2.24, 2.45) is 0 Å². The van der Waals surface area contributed by atoms with Crippen LogP contribution in [0.1, 0.15) is 60.4 Å². The fourth-order valence-electron chi connectivity index (χ4n) is 4.08. The number of benzene rings is 1. The fourth-order valence-corrected chi connectivity index (χ4v) is 4.08. The van der Waals surface area contributed by atoms with Gasteiger partial charge in [0, 0.05) is 11.4 Å². The predicted molar refractivity (Wildman–Crippen MR) is 82.0 cm³/mol. The molecule has 1 unspecified atom stereocenters. The lowest BCUT2D eigenvalue weighted by Gasteiger charge is -2.21. The molecule has 1 aromatic carbocycles. The van der Waals surface area contributed by atoms with E-state index >= 15 is 0 Å². The zero-order valence-electron chi connectivity index (χ0n) is 12.6. The molecule has 0 amide bonds. The maximum Gasteiger partial charge on any atom is 0.167 e. The highest BCUT2D eigenvalue weighted by atomic mass is 16.1. The van der Waals surface area contributed by atoms with E-state index in [-0.39, 0.29) is 5.41 Å². The molecular formula is C18H21NO. The summed E-state index contributed by atoms with van der Waals surface area (Å²) in [5.74, 6) is 0.448. The Labute approximate surface area is 120 Å². The average Bonchev–Trinajstić information content (AvgIpc) is 2.84. The van der Waals surface area contributed by atoms with Gasteiger partial charge in [0.1, 0.15) is 0 Å². The van der Waals surface area contributed by atoms with E-state index in [9.17, 15) is 4.79 Å². The summed E-state index contributed by atoms with van der Waals surface area (Å²) in [6, 6.07) is 10.2. The third kappa shape index (κ3) is 1.67. The van der Waals surface area contributed by atoms with Crippen molar-refractivity contribution in [1.29, 1.82) is 0 Å². The quantitative estimate of drug-likeness (QED) is 0.740. The lowest BCUT2D eigenvalue weighted by Crippen LogP contribution is -2.15. The normalized spacial score (nSPS) is 19.9. The van der Waals surface area contributed by atoms with E-state index in [1.807, 2.05) is 18.2 Å². The molecule has 0 saturated heterocycles. The summed E-state index contributed by atoms with van der Waals surface area (Å²) in [7, 11) is 0. The van der Waals surface area contributed by atoms with Crippen molar-refractivity contribution in [2.75, 3.05) is 0 Å². The third-order valence-corrected chi connectivity index (χ3v) is 4.60. The van der Waals surface area contributed by atoms with Crippen LogP contribution in [0.25, 0.3) is 5.69 Å². The molecule has 0 saturated carbocycles. The van der Waals surface area contributed by atoms with E-state index in [0.29, 0.717) is 5.92 Å². The predicted octanol–water partition coefficient (Wildman–Crippen LogP) is 4.38. The lowest BCUT2D eigenvalue weighted by molar-refractivity contribution is 0.111. The lowest BCUT2D eigenvalue weighted by atomic mass is 9.85. The number of fused-ring (bicyclic) bond motifs is 1. The second-order valence-electron chi connectivity index (χ2n) is 6.54. The first-order chi connectivity index (χ1) is 9.47. The minimum absolute atomic E-state index is 0.149. The van der Waals surface area contributed by atoms with Crippen molar-refractivity contribution in [1.82, 2.24) is 4.57 Å². The molecule has 1 heterocycles. The zero-order chi connectivity index (χ0) is 14.5. The van der Waals surface area contributed by atoms with E-state index < -0.39 is 0 Å². The first-order valence-electron chi connectivity index (χ1n) is 7.23. The summed E-state index contributed by atoms with van der Waals surface area (Å²) >= 11 is 0. The van der Waals surface area contributed by atoms with Crippen LogP contribution in [0.2, 0.25) is 0 Å². The Kier molecular flexibility index (Phi) is 2.86. The Hall–Kier alpha value is -1.83. The molecule has 3 rings (SSSR count). The largest absolute Gasteiger partial charge is 0.311 e. The number of nitrogens with zero attached hydrogens (tertiary/aromatic N) is 1. The number of carbonyl (C=O) groups is 1. The number of hydrogen-bond donors (Lipinski definition) is 0. The van der Waals surface area contributed by atoms with Crippen molar-refractivity contribution in [3.05, 3.63) is 52.8 Å². The number of carbonyl (C=O) groups excluding carboxylic acids is 1. The molecule has 1 aliphatic carbocycles. The van der Waals surface area contributed by atoms with Crippen molar-refractivity contribution >= 4 is 6.29 Å². The number of hydrogen-bond acceptors (Lipinski definition) is 1. The van der Waals surface area contributed by atoms with Crippen LogP contribution in [0.4, 0.5) is 0 Å². The number of aromatic nitrogens is 1. The monoisotopic (exact) mass is 267 g/mol. The maximum atomic E-state index is 11.7. The van der Waals surface area contributed by atoms with E-state index in [1.54, 1.807) is 0 Å². The molecule has 0 bridgehead atoms. The Morgan fingerprint density at radius 1 is 1.25 bits per heavy atom. The van der Waals surface area contributed by atoms with Gasteiger partial charge in [-0.3, -0.25) is 4.79 Å². The van der Waals surface area contributed by atoms with Gasteiger partial charge in [0.15, 0.2) is 6.29 Å². The molecule has 0 aliphatic heterocycles. The van der Waals surface area contributed by atoms with Crippen molar-refractivity contribution in [2.45, 2.75) is 45.4 Å². The highest BCUT2D eigenvalue weighted by Gasteiger charge is 2.40. The Morgan fingerprint density at radius 2 is 1.90 bits per heavy atom. The van der Waals surface area contributed by atoms with Gasteiger partial charge in [-0.1, -0.05) is 39.0 Å². The van der Waals surface area contributed by atoms with Gasteiger partial charge in [-0.2, -0.15) is 0 Å². The molecule has 1 aromatic heterocycles. The Balaban J connectivity index is 2.34. The molecule has 0 spiro atoms. The van der Waals surface area contributed by atoms with Crippen LogP contribution in [0, 0.1) is 6.92 Å². The fraction of sp³-hybridized carbons (Fsp3) is 0.389. The smallest absolute Gasteiger partial charge is 0.167 e. The van der Waals surface area contributed by atoms with Crippen LogP contribution in [-0.4, -0.2) is 10.9 Å². The zero-order valence-corrected chi connectivity index (χ0v) is 12.6. The van der Waals surface area contributed by atoms with Gasteiger partial charge in [-0.15, -0.1) is 0 Å². The second-order valence-corrected chi connectivity index (χ2v) is 6.54. The van der Waals surface area contributed by atoms with Gasteiger partial charge >= 0.3 is 0 Å². The minimum Gasteiger partial charge on any atom is -0.311 e. The first-order valence-corrected chi connectivity index (χ1v) is 7.23. The van der Waals surface area contributed by atoms with Crippen molar-refractivity contribution in [3.63, 3.8) is 0 Å². The third-order valence-electron chi connectivity index (χ3n) is 4.60.